The van der Waals surface area contributed by atoms with Crippen LogP contribution in [0.3, 0.4) is 0 Å². The van der Waals surface area contributed by atoms with Crippen LogP contribution in [-0.4, -0.2) is 4.38 Å². The minimum atomic E-state index is 0. The van der Waals surface area contributed by atoms with E-state index in [-0.39, 0.29) is 57.2 Å². The molecule has 0 aromatic heterocycles. The second-order valence-corrected chi connectivity index (χ2v) is 3.12. The number of rotatable bonds is 2. The van der Waals surface area contributed by atoms with Gasteiger partial charge < -0.3 is 6.16 Å². The third-order valence-electron chi connectivity index (χ3n) is 1.21. The van der Waals surface area contributed by atoms with Crippen molar-refractivity contribution in [2.24, 2.45) is 0 Å². The van der Waals surface area contributed by atoms with E-state index in [0.29, 0.717) is 6.61 Å². The van der Waals surface area contributed by atoms with Gasteiger partial charge in [0.15, 0.2) is 0 Å². The fourth-order valence-electron chi connectivity index (χ4n) is 0.719. The molecule has 12 heavy (non-hydrogen) atoms. The van der Waals surface area contributed by atoms with E-state index < -0.39 is 0 Å². The van der Waals surface area contributed by atoms with Gasteiger partial charge in [-0.15, -0.1) is 0 Å². The quantitative estimate of drug-likeness (QED) is 0.413. The predicted octanol–water partition coefficient (Wildman–Crippen LogP) is -0.466. The maximum absolute atomic E-state index is 5.02. The molecule has 4 heteroatoms. The molecule has 0 saturated heterocycles. The number of thiol groups is 1. The van der Waals surface area contributed by atoms with Gasteiger partial charge in [0.05, 0.1) is 0 Å². The van der Waals surface area contributed by atoms with E-state index in [1.807, 2.05) is 30.3 Å². The molecule has 0 bridgehead atoms. The Morgan fingerprint density at radius 1 is 1.42 bits per heavy atom. The third-order valence-corrected chi connectivity index (χ3v) is 1.45. The van der Waals surface area contributed by atoms with Crippen molar-refractivity contribution in [3.8, 4) is 0 Å². The Morgan fingerprint density at radius 3 is 2.50 bits per heavy atom. The second kappa shape index (κ2) is 7.50. The fourth-order valence-corrected chi connectivity index (χ4v) is 0.843. The van der Waals surface area contributed by atoms with Gasteiger partial charge in [0.2, 0.25) is 4.38 Å². The van der Waals surface area contributed by atoms with Crippen molar-refractivity contribution in [2.45, 2.75) is 6.61 Å². The van der Waals surface area contributed by atoms with Gasteiger partial charge in [-0.25, -0.2) is 0 Å². The van der Waals surface area contributed by atoms with Crippen molar-refractivity contribution in [3.63, 3.8) is 0 Å². The van der Waals surface area contributed by atoms with Crippen molar-refractivity contribution in [1.82, 2.24) is 0 Å². The summed E-state index contributed by atoms with van der Waals surface area (Å²) >= 11 is 8.47. The molecule has 60 valence electrons. The normalized spacial score (nSPS) is 8.42. The molecule has 0 fully saturated rings. The molecule has 0 spiro atoms. The summed E-state index contributed by atoms with van der Waals surface area (Å²) in [6.45, 7) is 0.503. The van der Waals surface area contributed by atoms with Crippen molar-refractivity contribution < 1.29 is 57.5 Å². The van der Waals surface area contributed by atoms with Crippen LogP contribution in [0, 0.1) is 0 Å². The summed E-state index contributed by atoms with van der Waals surface area (Å²) < 4.78 is 5.31. The molecule has 1 aromatic rings. The maximum Gasteiger partial charge on any atom is 1.00 e. The van der Waals surface area contributed by atoms with Gasteiger partial charge >= 0.3 is 51.4 Å². The van der Waals surface area contributed by atoms with E-state index >= 15 is 0 Å². The molecule has 0 N–H and O–H groups in total. The molecule has 0 unspecified atom stereocenters. The number of hydrogen-bond donors (Lipinski definition) is 1. The standard InChI is InChI=1S/C8H8OS2.K.H/c10-8(11)9-6-7-4-2-1-3-5-7;;/h1-5H,6H2,(H,10,11);;/q;+1;-1. The summed E-state index contributed by atoms with van der Waals surface area (Å²) in [5.74, 6) is 0. The molecule has 1 aromatic carbocycles. The van der Waals surface area contributed by atoms with E-state index in [2.05, 4.69) is 24.8 Å². The molecular formula is C8H9KOS2. The minimum Gasteiger partial charge on any atom is -1.00 e. The van der Waals surface area contributed by atoms with Gasteiger partial charge in [-0.1, -0.05) is 43.0 Å². The Morgan fingerprint density at radius 2 is 2.00 bits per heavy atom. The van der Waals surface area contributed by atoms with Crippen molar-refractivity contribution in [2.75, 3.05) is 0 Å². The zero-order valence-corrected chi connectivity index (χ0v) is 11.7. The largest absolute Gasteiger partial charge is 1.00 e. The predicted molar refractivity (Wildman–Crippen MR) is 53.9 cm³/mol. The molecular weight excluding hydrogens is 215 g/mol. The topological polar surface area (TPSA) is 9.23 Å². The van der Waals surface area contributed by atoms with E-state index in [1.165, 1.54) is 0 Å². The third kappa shape index (κ3) is 5.69. The number of hydrogen-bond acceptors (Lipinski definition) is 2. The van der Waals surface area contributed by atoms with Gasteiger partial charge in [0, 0.05) is 0 Å². The first-order chi connectivity index (χ1) is 5.29. The number of thiocarbonyl (C=S) groups is 1. The summed E-state index contributed by atoms with van der Waals surface area (Å²) in [4.78, 5) is 0. The van der Waals surface area contributed by atoms with Crippen LogP contribution in [0.5, 0.6) is 0 Å². The molecule has 0 saturated carbocycles. The van der Waals surface area contributed by atoms with Crippen molar-refractivity contribution >= 4 is 29.2 Å². The zero-order valence-electron chi connectivity index (χ0n) is 7.86. The van der Waals surface area contributed by atoms with Crippen LogP contribution in [0.1, 0.15) is 6.99 Å². The molecule has 1 rings (SSSR count). The SMILES string of the molecule is S=C(S)OCc1ccccc1.[H-].[K+]. The average Bonchev–Trinajstić information content (AvgIpc) is 2.03. The van der Waals surface area contributed by atoms with Crippen LogP contribution >= 0.6 is 24.8 Å². The average molecular weight is 224 g/mol. The van der Waals surface area contributed by atoms with Crippen molar-refractivity contribution in [1.29, 1.82) is 0 Å². The molecule has 0 atom stereocenters. The van der Waals surface area contributed by atoms with Crippen LogP contribution in [0.2, 0.25) is 0 Å². The molecule has 0 radical (unpaired) electrons. The van der Waals surface area contributed by atoms with Crippen LogP contribution in [0.25, 0.3) is 0 Å². The molecule has 0 heterocycles. The number of ether oxygens (including phenoxy) is 1. The number of benzene rings is 1. The molecule has 0 amide bonds. The van der Waals surface area contributed by atoms with Gasteiger partial charge in [-0.2, -0.15) is 0 Å². The summed E-state index contributed by atoms with van der Waals surface area (Å²) in [7, 11) is 0. The molecule has 0 aliphatic heterocycles. The van der Waals surface area contributed by atoms with Gasteiger partial charge in [0.25, 0.3) is 0 Å². The second-order valence-electron chi connectivity index (χ2n) is 2.04. The monoisotopic (exact) mass is 224 g/mol. The summed E-state index contributed by atoms with van der Waals surface area (Å²) in [5.41, 5.74) is 1.10. The van der Waals surface area contributed by atoms with Gasteiger partial charge in [-0.05, 0) is 17.8 Å². The first-order valence-electron chi connectivity index (χ1n) is 3.18. The Labute approximate surface area is 127 Å². The van der Waals surface area contributed by atoms with Crippen LogP contribution in [0.15, 0.2) is 30.3 Å². The first-order valence-corrected chi connectivity index (χ1v) is 4.04. The van der Waals surface area contributed by atoms with E-state index in [1.54, 1.807) is 0 Å². The molecule has 0 aliphatic rings. The summed E-state index contributed by atoms with van der Waals surface area (Å²) in [6, 6.07) is 9.83. The van der Waals surface area contributed by atoms with Gasteiger partial charge in [0.1, 0.15) is 6.61 Å². The van der Waals surface area contributed by atoms with Crippen LogP contribution < -0.4 is 51.4 Å². The fraction of sp³-hybridized carbons (Fsp3) is 0.125. The maximum atomic E-state index is 5.02. The minimum absolute atomic E-state index is 0. The Kier molecular flexibility index (Phi) is 8.18. The van der Waals surface area contributed by atoms with Crippen molar-refractivity contribution in [3.05, 3.63) is 35.9 Å². The smallest absolute Gasteiger partial charge is 1.00 e. The van der Waals surface area contributed by atoms with E-state index in [4.69, 9.17) is 4.74 Å². The Bertz CT molecular complexity index is 243. The van der Waals surface area contributed by atoms with Gasteiger partial charge in [-0.3, -0.25) is 0 Å². The van der Waals surface area contributed by atoms with Crippen LogP contribution in [0.4, 0.5) is 0 Å². The Hall–Kier alpha value is 1.10. The van der Waals surface area contributed by atoms with E-state index in [9.17, 15) is 0 Å². The zero-order chi connectivity index (χ0) is 8.10. The summed E-state index contributed by atoms with van der Waals surface area (Å²) in [5, 5.41) is 0. The van der Waals surface area contributed by atoms with E-state index in [0.717, 1.165) is 5.56 Å². The summed E-state index contributed by atoms with van der Waals surface area (Å²) in [6.07, 6.45) is 0. The molecule has 0 aliphatic carbocycles. The van der Waals surface area contributed by atoms with Crippen LogP contribution in [-0.2, 0) is 11.3 Å². The Balaban J connectivity index is 0. The molecule has 1 nitrogen and oxygen atoms in total. The first kappa shape index (κ1) is 13.1.